The van der Waals surface area contributed by atoms with Crippen molar-refractivity contribution in [1.82, 2.24) is 10.2 Å². The quantitative estimate of drug-likeness (QED) is 0.388. The molecule has 3 rings (SSSR count). The van der Waals surface area contributed by atoms with Gasteiger partial charge in [0, 0.05) is 50.2 Å². The van der Waals surface area contributed by atoms with Crippen LogP contribution < -0.4 is 5.32 Å². The van der Waals surface area contributed by atoms with Crippen LogP contribution in [0.1, 0.15) is 33.1 Å². The Morgan fingerprint density at radius 1 is 1.39 bits per heavy atom. The van der Waals surface area contributed by atoms with E-state index < -0.39 is 29.0 Å². The van der Waals surface area contributed by atoms with Crippen LogP contribution >= 0.6 is 11.6 Å². The zero-order chi connectivity index (χ0) is 22.8. The number of aliphatic imine (C=N–C) groups is 1. The molecule has 1 aliphatic carbocycles. The van der Waals surface area contributed by atoms with E-state index in [2.05, 4.69) is 22.1 Å². The van der Waals surface area contributed by atoms with Crippen molar-refractivity contribution in [2.75, 3.05) is 32.7 Å². The van der Waals surface area contributed by atoms with Crippen molar-refractivity contribution in [3.8, 4) is 0 Å². The first kappa shape index (κ1) is 23.8. The van der Waals surface area contributed by atoms with Gasteiger partial charge < -0.3 is 15.0 Å². The highest BCUT2D eigenvalue weighted by Crippen LogP contribution is 2.41. The summed E-state index contributed by atoms with van der Waals surface area (Å²) in [5.41, 5.74) is 0.0712. The molecule has 1 spiro atoms. The molecule has 0 aromatic rings. The second-order valence-electron chi connectivity index (χ2n) is 8.10. The number of carbonyl (C=O) groups excluding carboxylic acids is 2. The first-order chi connectivity index (χ1) is 14.6. The Kier molecular flexibility index (Phi) is 7.15. The highest BCUT2D eigenvalue weighted by molar-refractivity contribution is 6.23. The fourth-order valence-electron chi connectivity index (χ4n) is 4.32. The van der Waals surface area contributed by atoms with E-state index in [9.17, 15) is 22.8 Å². The van der Waals surface area contributed by atoms with Crippen molar-refractivity contribution < 1.29 is 27.5 Å². The Morgan fingerprint density at radius 3 is 2.68 bits per heavy atom. The number of piperidine rings is 1. The van der Waals surface area contributed by atoms with Crippen molar-refractivity contribution in [3.05, 3.63) is 23.3 Å². The van der Waals surface area contributed by atoms with E-state index in [0.29, 0.717) is 29.7 Å². The number of ether oxygens (including phenoxy) is 1. The topological polar surface area (TPSA) is 71.0 Å². The lowest BCUT2D eigenvalue weighted by molar-refractivity contribution is -0.170. The molecule has 1 amide bonds. The van der Waals surface area contributed by atoms with Gasteiger partial charge >= 0.3 is 12.1 Å². The van der Waals surface area contributed by atoms with Crippen LogP contribution in [0.5, 0.6) is 0 Å². The molecule has 1 fully saturated rings. The lowest BCUT2D eigenvalue weighted by Gasteiger charge is -2.38. The molecule has 2 aliphatic heterocycles. The summed E-state index contributed by atoms with van der Waals surface area (Å²) < 4.78 is 44.8. The highest BCUT2D eigenvalue weighted by atomic mass is 35.5. The van der Waals surface area contributed by atoms with Crippen molar-refractivity contribution >= 4 is 29.2 Å². The zero-order valence-corrected chi connectivity index (χ0v) is 18.4. The summed E-state index contributed by atoms with van der Waals surface area (Å²) in [7, 11) is 0. The van der Waals surface area contributed by atoms with E-state index in [1.54, 1.807) is 6.92 Å². The van der Waals surface area contributed by atoms with Crippen molar-refractivity contribution in [2.45, 2.75) is 50.3 Å². The third-order valence-electron chi connectivity index (χ3n) is 6.18. The molecule has 31 heavy (non-hydrogen) atoms. The number of rotatable bonds is 5. The number of alkyl halides is 4. The minimum absolute atomic E-state index is 0.126. The Morgan fingerprint density at radius 2 is 2.06 bits per heavy atom. The number of allylic oxidation sites excluding steroid dienone is 2. The van der Waals surface area contributed by atoms with Crippen molar-refractivity contribution in [3.63, 3.8) is 0 Å². The standard InChI is InChI=1S/C21H27ClF3N3O3/c1-3-28-10-6-20(7-11-28)17(13(2)19(30)31-20)18(29)27-9-8-26-14-4-5-16(22)15(12-14)21(23,24)25/h4-5,15-16H,3,6-12H2,1-2H3,(H,27,29). The molecule has 2 atom stereocenters. The SMILES string of the molecule is CCN1CCC2(CC1)OC(=O)C(C)=C2C(=O)NCCN=C1C=CC(Cl)C(C(F)(F)F)C1. The van der Waals surface area contributed by atoms with Gasteiger partial charge in [-0.2, -0.15) is 13.2 Å². The second kappa shape index (κ2) is 9.32. The monoisotopic (exact) mass is 461 g/mol. The molecule has 10 heteroatoms. The number of likely N-dealkylation sites (tertiary alicyclic amines) is 1. The highest BCUT2D eigenvalue weighted by Gasteiger charge is 2.50. The second-order valence-corrected chi connectivity index (χ2v) is 8.61. The van der Waals surface area contributed by atoms with Crippen molar-refractivity contribution in [1.29, 1.82) is 0 Å². The minimum Gasteiger partial charge on any atom is -0.450 e. The van der Waals surface area contributed by atoms with Crippen LogP contribution in [0.4, 0.5) is 13.2 Å². The van der Waals surface area contributed by atoms with Gasteiger partial charge in [0.1, 0.15) is 5.60 Å². The van der Waals surface area contributed by atoms with E-state index in [0.717, 1.165) is 19.6 Å². The Balaban J connectivity index is 1.59. The van der Waals surface area contributed by atoms with Crippen molar-refractivity contribution in [2.24, 2.45) is 10.9 Å². The molecule has 2 unspecified atom stereocenters. The summed E-state index contributed by atoms with van der Waals surface area (Å²) in [5.74, 6) is -2.53. The summed E-state index contributed by atoms with van der Waals surface area (Å²) in [4.78, 5) is 31.4. The van der Waals surface area contributed by atoms with Gasteiger partial charge in [0.15, 0.2) is 0 Å². The van der Waals surface area contributed by atoms with Crippen LogP contribution in [0.25, 0.3) is 0 Å². The van der Waals surface area contributed by atoms with Crippen LogP contribution in [0.2, 0.25) is 0 Å². The molecule has 0 aromatic heterocycles. The minimum atomic E-state index is -4.40. The predicted molar refractivity (Wildman–Crippen MR) is 111 cm³/mol. The Bertz CT molecular complexity index is 814. The molecule has 0 aromatic carbocycles. The molecule has 0 saturated carbocycles. The summed E-state index contributed by atoms with van der Waals surface area (Å²) in [5, 5.41) is 1.63. The van der Waals surface area contributed by atoms with Crippen LogP contribution in [-0.2, 0) is 14.3 Å². The molecule has 6 nitrogen and oxygen atoms in total. The summed E-state index contributed by atoms with van der Waals surface area (Å²) in [6.07, 6.45) is -0.786. The molecule has 2 heterocycles. The zero-order valence-electron chi connectivity index (χ0n) is 17.6. The molecule has 1 N–H and O–H groups in total. The molecular formula is C21H27ClF3N3O3. The fourth-order valence-corrected chi connectivity index (χ4v) is 4.63. The lowest BCUT2D eigenvalue weighted by Crippen LogP contribution is -2.48. The fraction of sp³-hybridized carbons (Fsp3) is 0.667. The average Bonchev–Trinajstić information content (AvgIpc) is 2.95. The third-order valence-corrected chi connectivity index (χ3v) is 6.63. The van der Waals surface area contributed by atoms with Gasteiger partial charge in [-0.15, -0.1) is 11.6 Å². The van der Waals surface area contributed by atoms with Crippen LogP contribution in [0.15, 0.2) is 28.3 Å². The Labute approximate surface area is 184 Å². The molecular weight excluding hydrogens is 435 g/mol. The van der Waals surface area contributed by atoms with Crippen LogP contribution in [-0.4, -0.2) is 72.4 Å². The van der Waals surface area contributed by atoms with E-state index in [-0.39, 0.29) is 25.4 Å². The number of hydrogen-bond acceptors (Lipinski definition) is 5. The Hall–Kier alpha value is -1.87. The van der Waals surface area contributed by atoms with Gasteiger partial charge in [-0.3, -0.25) is 9.79 Å². The normalized spacial score (nSPS) is 27.8. The van der Waals surface area contributed by atoms with E-state index >= 15 is 0 Å². The van der Waals surface area contributed by atoms with E-state index in [4.69, 9.17) is 16.3 Å². The first-order valence-corrected chi connectivity index (χ1v) is 10.9. The molecule has 0 bridgehead atoms. The van der Waals surface area contributed by atoms with Gasteiger partial charge in [0.2, 0.25) is 0 Å². The summed E-state index contributed by atoms with van der Waals surface area (Å²) in [6, 6.07) is 0. The van der Waals surface area contributed by atoms with Crippen LogP contribution in [0.3, 0.4) is 0 Å². The maximum atomic E-state index is 13.0. The van der Waals surface area contributed by atoms with E-state index in [1.165, 1.54) is 12.2 Å². The largest absolute Gasteiger partial charge is 0.450 e. The molecule has 3 aliphatic rings. The first-order valence-electron chi connectivity index (χ1n) is 10.4. The number of nitrogens with one attached hydrogen (secondary N) is 1. The summed E-state index contributed by atoms with van der Waals surface area (Å²) in [6.45, 7) is 6.26. The van der Waals surface area contributed by atoms with E-state index in [1.807, 2.05) is 0 Å². The number of esters is 1. The third kappa shape index (κ3) is 5.14. The number of halogens is 4. The smallest absolute Gasteiger partial charge is 0.393 e. The average molecular weight is 462 g/mol. The van der Waals surface area contributed by atoms with Gasteiger partial charge in [0.25, 0.3) is 5.91 Å². The predicted octanol–water partition coefficient (Wildman–Crippen LogP) is 3.02. The van der Waals surface area contributed by atoms with Crippen LogP contribution in [0, 0.1) is 5.92 Å². The number of carbonyl (C=O) groups is 2. The maximum Gasteiger partial charge on any atom is 0.393 e. The molecule has 1 saturated heterocycles. The molecule has 0 radical (unpaired) electrons. The number of hydrogen-bond donors (Lipinski definition) is 1. The molecule has 172 valence electrons. The van der Waals surface area contributed by atoms with Gasteiger partial charge in [0.05, 0.1) is 23.4 Å². The maximum absolute atomic E-state index is 13.0. The van der Waals surface area contributed by atoms with Gasteiger partial charge in [-0.05, 0) is 19.5 Å². The lowest BCUT2D eigenvalue weighted by atomic mass is 9.82. The number of nitrogens with zero attached hydrogens (tertiary/aromatic N) is 2. The number of amides is 1. The van der Waals surface area contributed by atoms with Gasteiger partial charge in [-0.1, -0.05) is 13.0 Å². The van der Waals surface area contributed by atoms with Gasteiger partial charge in [-0.25, -0.2) is 4.79 Å². The summed E-state index contributed by atoms with van der Waals surface area (Å²) >= 11 is 5.76.